The second kappa shape index (κ2) is 7.37. The molecular formula is C15H12N4O3S2. The van der Waals surface area contributed by atoms with Crippen LogP contribution in [0.3, 0.4) is 0 Å². The standard InChI is InChI=1S/C15H12N4O3S2/c1-23-14-9(4-3-7-16-14)15(21)22-8-12(20)17-10-5-2-6-11-13(10)19-24-18-11/h2-7H,8H2,1H3,(H,17,20). The normalized spacial score (nSPS) is 10.5. The molecule has 0 aliphatic rings. The molecule has 7 nitrogen and oxygen atoms in total. The quantitative estimate of drug-likeness (QED) is 0.552. The van der Waals surface area contributed by atoms with Gasteiger partial charge in [-0.2, -0.15) is 8.75 Å². The lowest BCUT2D eigenvalue weighted by atomic mass is 10.2. The number of benzene rings is 1. The first-order chi connectivity index (χ1) is 11.7. The number of carbonyl (C=O) groups excluding carboxylic acids is 2. The van der Waals surface area contributed by atoms with Gasteiger partial charge in [0.25, 0.3) is 5.91 Å². The molecule has 3 rings (SSSR count). The van der Waals surface area contributed by atoms with Crippen molar-refractivity contribution in [3.63, 3.8) is 0 Å². The molecular weight excluding hydrogens is 348 g/mol. The van der Waals surface area contributed by atoms with Crippen LogP contribution >= 0.6 is 23.5 Å². The number of nitrogens with zero attached hydrogens (tertiary/aromatic N) is 3. The Hall–Kier alpha value is -2.52. The number of carbonyl (C=O) groups is 2. The van der Waals surface area contributed by atoms with Crippen LogP contribution in [0.1, 0.15) is 10.4 Å². The number of fused-ring (bicyclic) bond motifs is 1. The summed E-state index contributed by atoms with van der Waals surface area (Å²) in [5.74, 6) is -1.03. The number of hydrogen-bond acceptors (Lipinski definition) is 8. The first-order valence-corrected chi connectivity index (χ1v) is 8.82. The van der Waals surface area contributed by atoms with Crippen LogP contribution in [0.5, 0.6) is 0 Å². The van der Waals surface area contributed by atoms with Gasteiger partial charge in [0.1, 0.15) is 16.1 Å². The highest BCUT2D eigenvalue weighted by Crippen LogP contribution is 2.21. The van der Waals surface area contributed by atoms with Gasteiger partial charge in [0.05, 0.1) is 23.0 Å². The summed E-state index contributed by atoms with van der Waals surface area (Å²) in [5, 5.41) is 3.23. The lowest BCUT2D eigenvalue weighted by Gasteiger charge is -2.08. The smallest absolute Gasteiger partial charge is 0.341 e. The lowest BCUT2D eigenvalue weighted by molar-refractivity contribution is -0.119. The minimum atomic E-state index is -0.587. The molecule has 0 aliphatic heterocycles. The number of pyridine rings is 1. The Morgan fingerprint density at radius 1 is 1.25 bits per heavy atom. The van der Waals surface area contributed by atoms with E-state index in [1.807, 2.05) is 6.26 Å². The van der Waals surface area contributed by atoms with Crippen molar-refractivity contribution in [1.29, 1.82) is 0 Å². The van der Waals surface area contributed by atoms with Crippen molar-refractivity contribution >= 4 is 52.1 Å². The minimum Gasteiger partial charge on any atom is -0.452 e. The molecule has 0 saturated carbocycles. The van der Waals surface area contributed by atoms with Gasteiger partial charge >= 0.3 is 5.97 Å². The maximum Gasteiger partial charge on any atom is 0.341 e. The van der Waals surface area contributed by atoms with Crippen molar-refractivity contribution in [3.8, 4) is 0 Å². The van der Waals surface area contributed by atoms with Gasteiger partial charge in [-0.25, -0.2) is 9.78 Å². The fraction of sp³-hybridized carbons (Fsp3) is 0.133. The maximum atomic E-state index is 12.1. The molecule has 0 fully saturated rings. The van der Waals surface area contributed by atoms with E-state index in [-0.39, 0.29) is 0 Å². The molecule has 0 aliphatic carbocycles. The van der Waals surface area contributed by atoms with E-state index in [9.17, 15) is 9.59 Å². The van der Waals surface area contributed by atoms with Crippen molar-refractivity contribution in [3.05, 3.63) is 42.1 Å². The van der Waals surface area contributed by atoms with Crippen molar-refractivity contribution < 1.29 is 14.3 Å². The molecule has 0 atom stereocenters. The van der Waals surface area contributed by atoms with E-state index in [0.29, 0.717) is 27.3 Å². The highest BCUT2D eigenvalue weighted by atomic mass is 32.2. The number of esters is 1. The average molecular weight is 360 g/mol. The summed E-state index contributed by atoms with van der Waals surface area (Å²) in [6, 6.07) is 8.55. The Morgan fingerprint density at radius 3 is 2.96 bits per heavy atom. The van der Waals surface area contributed by atoms with E-state index < -0.39 is 18.5 Å². The Morgan fingerprint density at radius 2 is 2.12 bits per heavy atom. The van der Waals surface area contributed by atoms with Gasteiger partial charge in [0, 0.05) is 6.20 Å². The van der Waals surface area contributed by atoms with Crippen LogP contribution in [0.25, 0.3) is 11.0 Å². The molecule has 1 aromatic carbocycles. The molecule has 122 valence electrons. The minimum absolute atomic E-state index is 0.337. The first kappa shape index (κ1) is 16.3. The van der Waals surface area contributed by atoms with E-state index >= 15 is 0 Å². The van der Waals surface area contributed by atoms with E-state index in [0.717, 1.165) is 11.7 Å². The van der Waals surface area contributed by atoms with Crippen molar-refractivity contribution in [2.24, 2.45) is 0 Å². The molecule has 9 heteroatoms. The van der Waals surface area contributed by atoms with Crippen LogP contribution in [-0.2, 0) is 9.53 Å². The Balaban J connectivity index is 1.63. The fourth-order valence-corrected chi connectivity index (χ4v) is 3.10. The van der Waals surface area contributed by atoms with Gasteiger partial charge in [-0.05, 0) is 30.5 Å². The number of thioether (sulfide) groups is 1. The molecule has 0 saturated heterocycles. The van der Waals surface area contributed by atoms with Crippen LogP contribution in [0.15, 0.2) is 41.6 Å². The fourth-order valence-electron chi connectivity index (χ4n) is 2.01. The molecule has 1 N–H and O–H groups in total. The number of nitrogens with one attached hydrogen (secondary N) is 1. The summed E-state index contributed by atoms with van der Waals surface area (Å²) in [6.45, 7) is -0.393. The molecule has 0 bridgehead atoms. The van der Waals surface area contributed by atoms with Gasteiger partial charge < -0.3 is 10.1 Å². The maximum absolute atomic E-state index is 12.1. The van der Waals surface area contributed by atoms with E-state index in [1.165, 1.54) is 11.8 Å². The van der Waals surface area contributed by atoms with Crippen LogP contribution in [0.2, 0.25) is 0 Å². The number of aromatic nitrogens is 3. The van der Waals surface area contributed by atoms with Gasteiger partial charge in [-0.15, -0.1) is 11.8 Å². The molecule has 0 unspecified atom stereocenters. The predicted molar refractivity (Wildman–Crippen MR) is 92.3 cm³/mol. The summed E-state index contributed by atoms with van der Waals surface area (Å²) in [5.41, 5.74) is 2.19. The summed E-state index contributed by atoms with van der Waals surface area (Å²) in [7, 11) is 0. The lowest BCUT2D eigenvalue weighted by Crippen LogP contribution is -2.21. The third-order valence-corrected chi connectivity index (χ3v) is 4.33. The van der Waals surface area contributed by atoms with Crippen LogP contribution in [-0.4, -0.2) is 38.5 Å². The molecule has 1 amide bonds. The van der Waals surface area contributed by atoms with Gasteiger partial charge in [0.15, 0.2) is 6.61 Å². The van der Waals surface area contributed by atoms with Gasteiger partial charge in [-0.3, -0.25) is 4.79 Å². The summed E-state index contributed by atoms with van der Waals surface area (Å²) < 4.78 is 13.3. The Labute approximate surface area is 145 Å². The van der Waals surface area contributed by atoms with E-state index in [4.69, 9.17) is 4.74 Å². The predicted octanol–water partition coefficient (Wildman–Crippen LogP) is 2.60. The molecule has 24 heavy (non-hydrogen) atoms. The zero-order valence-electron chi connectivity index (χ0n) is 12.6. The van der Waals surface area contributed by atoms with Crippen LogP contribution in [0.4, 0.5) is 5.69 Å². The summed E-state index contributed by atoms with van der Waals surface area (Å²) in [4.78, 5) is 28.2. The monoisotopic (exact) mass is 360 g/mol. The van der Waals surface area contributed by atoms with Crippen LogP contribution in [0, 0.1) is 0 Å². The van der Waals surface area contributed by atoms with Gasteiger partial charge in [0.2, 0.25) is 0 Å². The molecule has 2 aromatic heterocycles. The zero-order chi connectivity index (χ0) is 16.9. The van der Waals surface area contributed by atoms with E-state index in [2.05, 4.69) is 19.0 Å². The summed E-state index contributed by atoms with van der Waals surface area (Å²) >= 11 is 2.40. The molecule has 0 spiro atoms. The molecule has 0 radical (unpaired) electrons. The number of hydrogen-bond donors (Lipinski definition) is 1. The first-order valence-electron chi connectivity index (χ1n) is 6.86. The third-order valence-electron chi connectivity index (χ3n) is 3.08. The number of amides is 1. The number of rotatable bonds is 5. The summed E-state index contributed by atoms with van der Waals surface area (Å²) in [6.07, 6.45) is 3.41. The number of ether oxygens (including phenoxy) is 1. The van der Waals surface area contributed by atoms with E-state index in [1.54, 1.807) is 36.5 Å². The molecule has 3 aromatic rings. The third kappa shape index (κ3) is 3.52. The highest BCUT2D eigenvalue weighted by Gasteiger charge is 2.15. The Kier molecular flexibility index (Phi) is 5.02. The second-order valence-corrected chi connectivity index (χ2v) is 5.95. The number of anilines is 1. The second-order valence-electron chi connectivity index (χ2n) is 4.62. The topological polar surface area (TPSA) is 94.1 Å². The Bertz CT molecular complexity index is 897. The largest absolute Gasteiger partial charge is 0.452 e. The zero-order valence-corrected chi connectivity index (χ0v) is 14.2. The van der Waals surface area contributed by atoms with Crippen molar-refractivity contribution in [1.82, 2.24) is 13.7 Å². The SMILES string of the molecule is CSc1ncccc1C(=O)OCC(=O)Nc1cccc2nsnc12. The average Bonchev–Trinajstić information content (AvgIpc) is 3.09. The van der Waals surface area contributed by atoms with Gasteiger partial charge in [-0.1, -0.05) is 6.07 Å². The molecule has 2 heterocycles. The highest BCUT2D eigenvalue weighted by molar-refractivity contribution is 7.98. The van der Waals surface area contributed by atoms with Crippen molar-refractivity contribution in [2.75, 3.05) is 18.2 Å². The van der Waals surface area contributed by atoms with Crippen LogP contribution < -0.4 is 5.32 Å². The van der Waals surface area contributed by atoms with Crippen molar-refractivity contribution in [2.45, 2.75) is 5.03 Å².